The summed E-state index contributed by atoms with van der Waals surface area (Å²) >= 11 is 0. The molecule has 0 aromatic carbocycles. The van der Waals surface area contributed by atoms with Crippen LogP contribution >= 0.6 is 0 Å². The third kappa shape index (κ3) is 5.14. The van der Waals surface area contributed by atoms with E-state index in [2.05, 4.69) is 17.1 Å². The number of likely N-dealkylation sites (N-methyl/N-ethyl adjacent to an activating group) is 1. The van der Waals surface area contributed by atoms with Crippen molar-refractivity contribution >= 4 is 5.91 Å². The maximum absolute atomic E-state index is 10.9. The molecule has 88 valence electrons. The molecule has 0 spiro atoms. The Morgan fingerprint density at radius 1 is 1.47 bits per heavy atom. The van der Waals surface area contributed by atoms with Gasteiger partial charge in [-0.15, -0.1) is 0 Å². The molecular formula is C11H22N2O2. The molecule has 1 heterocycles. The molecule has 0 atom stereocenters. The van der Waals surface area contributed by atoms with Crippen molar-refractivity contribution in [3.8, 4) is 0 Å². The lowest BCUT2D eigenvalue weighted by Crippen LogP contribution is -2.36. The summed E-state index contributed by atoms with van der Waals surface area (Å²) in [4.78, 5) is 13.3. The minimum atomic E-state index is -0.0535. The van der Waals surface area contributed by atoms with Crippen molar-refractivity contribution in [1.82, 2.24) is 10.2 Å². The zero-order valence-corrected chi connectivity index (χ0v) is 9.79. The Morgan fingerprint density at radius 3 is 2.73 bits per heavy atom. The lowest BCUT2D eigenvalue weighted by Gasteiger charge is -2.29. The van der Waals surface area contributed by atoms with E-state index in [1.54, 1.807) is 7.05 Å². The molecule has 0 aromatic rings. The molecule has 1 aliphatic heterocycles. The molecule has 0 bridgehead atoms. The van der Waals surface area contributed by atoms with Gasteiger partial charge in [-0.05, 0) is 31.8 Å². The predicted octanol–water partition coefficient (Wildman–Crippen LogP) is 0.481. The lowest BCUT2D eigenvalue weighted by molar-refractivity contribution is -0.125. The number of nitrogens with one attached hydrogen (secondary N) is 1. The fourth-order valence-corrected chi connectivity index (χ4v) is 1.72. The quantitative estimate of drug-likeness (QED) is 0.677. The minimum absolute atomic E-state index is 0.0535. The molecule has 15 heavy (non-hydrogen) atoms. The van der Waals surface area contributed by atoms with Gasteiger partial charge in [-0.3, -0.25) is 4.79 Å². The van der Waals surface area contributed by atoms with Gasteiger partial charge in [-0.1, -0.05) is 6.92 Å². The van der Waals surface area contributed by atoms with Crippen molar-refractivity contribution in [2.45, 2.75) is 19.8 Å². The molecule has 1 N–H and O–H groups in total. The van der Waals surface area contributed by atoms with Gasteiger partial charge < -0.3 is 15.0 Å². The van der Waals surface area contributed by atoms with Crippen LogP contribution < -0.4 is 5.32 Å². The van der Waals surface area contributed by atoms with Crippen molar-refractivity contribution in [3.05, 3.63) is 0 Å². The van der Waals surface area contributed by atoms with Gasteiger partial charge in [0.1, 0.15) is 6.61 Å². The molecule has 0 unspecified atom stereocenters. The number of nitrogens with zero attached hydrogens (tertiary/aromatic N) is 1. The average Bonchev–Trinajstić information content (AvgIpc) is 2.26. The number of rotatable bonds is 5. The Kier molecular flexibility index (Phi) is 5.65. The monoisotopic (exact) mass is 214 g/mol. The fourth-order valence-electron chi connectivity index (χ4n) is 1.72. The van der Waals surface area contributed by atoms with E-state index < -0.39 is 0 Å². The first-order chi connectivity index (χ1) is 7.22. The summed E-state index contributed by atoms with van der Waals surface area (Å²) in [5.74, 6) is 0.815. The molecule has 0 aromatic heterocycles. The summed E-state index contributed by atoms with van der Waals surface area (Å²) in [6, 6.07) is 0. The molecule has 4 heteroatoms. The number of amides is 1. The molecule has 1 fully saturated rings. The summed E-state index contributed by atoms with van der Waals surface area (Å²) in [6.07, 6.45) is 2.57. The number of carbonyl (C=O) groups excluding carboxylic acids is 1. The van der Waals surface area contributed by atoms with Crippen LogP contribution in [0.5, 0.6) is 0 Å². The maximum atomic E-state index is 10.9. The van der Waals surface area contributed by atoms with Crippen molar-refractivity contribution in [2.24, 2.45) is 5.92 Å². The second-order valence-electron chi connectivity index (χ2n) is 4.25. The van der Waals surface area contributed by atoms with Gasteiger partial charge in [0.2, 0.25) is 5.91 Å². The van der Waals surface area contributed by atoms with Crippen LogP contribution in [0.3, 0.4) is 0 Å². The second kappa shape index (κ2) is 6.80. The first-order valence-corrected chi connectivity index (χ1v) is 5.73. The van der Waals surface area contributed by atoms with E-state index in [0.29, 0.717) is 6.61 Å². The summed E-state index contributed by atoms with van der Waals surface area (Å²) in [6.45, 7) is 6.43. The largest absolute Gasteiger partial charge is 0.370 e. The number of likely N-dealkylation sites (tertiary alicyclic amines) is 1. The van der Waals surface area contributed by atoms with Gasteiger partial charge in [-0.2, -0.15) is 0 Å². The third-order valence-electron chi connectivity index (χ3n) is 2.94. The van der Waals surface area contributed by atoms with Gasteiger partial charge in [0.05, 0.1) is 6.61 Å². The standard InChI is InChI=1S/C11H22N2O2/c1-10-3-5-13(6-4-10)7-8-15-9-11(14)12-2/h10H,3-9H2,1-2H3,(H,12,14). The number of ether oxygens (including phenoxy) is 1. The number of hydrogen-bond acceptors (Lipinski definition) is 3. The topological polar surface area (TPSA) is 41.6 Å². The van der Waals surface area contributed by atoms with Crippen LogP contribution in [0.2, 0.25) is 0 Å². The van der Waals surface area contributed by atoms with Crippen LogP contribution in [0.25, 0.3) is 0 Å². The molecule has 4 nitrogen and oxygen atoms in total. The zero-order chi connectivity index (χ0) is 11.1. The summed E-state index contributed by atoms with van der Waals surface area (Å²) in [5.41, 5.74) is 0. The van der Waals surface area contributed by atoms with Gasteiger partial charge in [0.25, 0.3) is 0 Å². The lowest BCUT2D eigenvalue weighted by atomic mass is 9.99. The maximum Gasteiger partial charge on any atom is 0.245 e. The normalized spacial score (nSPS) is 19.1. The molecule has 1 aliphatic rings. The Balaban J connectivity index is 1.98. The average molecular weight is 214 g/mol. The number of carbonyl (C=O) groups is 1. The number of piperidine rings is 1. The van der Waals surface area contributed by atoms with Gasteiger partial charge in [0, 0.05) is 13.6 Å². The van der Waals surface area contributed by atoms with Gasteiger partial charge in [0.15, 0.2) is 0 Å². The predicted molar refractivity (Wildman–Crippen MR) is 59.7 cm³/mol. The van der Waals surface area contributed by atoms with Crippen LogP contribution in [0.1, 0.15) is 19.8 Å². The Bertz CT molecular complexity index is 189. The highest BCUT2D eigenvalue weighted by Crippen LogP contribution is 2.15. The SMILES string of the molecule is CNC(=O)COCCN1CCC(C)CC1. The molecule has 0 radical (unpaired) electrons. The smallest absolute Gasteiger partial charge is 0.245 e. The highest BCUT2D eigenvalue weighted by Gasteiger charge is 2.14. The molecule has 1 amide bonds. The number of hydrogen-bond donors (Lipinski definition) is 1. The van der Waals surface area contributed by atoms with Gasteiger partial charge in [-0.25, -0.2) is 0 Å². The fraction of sp³-hybridized carbons (Fsp3) is 0.909. The first-order valence-electron chi connectivity index (χ1n) is 5.73. The Hall–Kier alpha value is -0.610. The van der Waals surface area contributed by atoms with E-state index >= 15 is 0 Å². The highest BCUT2D eigenvalue weighted by molar-refractivity contribution is 5.76. The highest BCUT2D eigenvalue weighted by atomic mass is 16.5. The summed E-state index contributed by atoms with van der Waals surface area (Å²) in [7, 11) is 1.62. The summed E-state index contributed by atoms with van der Waals surface area (Å²) < 4.78 is 5.26. The molecule has 1 saturated heterocycles. The van der Waals surface area contributed by atoms with Crippen LogP contribution in [0, 0.1) is 5.92 Å². The second-order valence-corrected chi connectivity index (χ2v) is 4.25. The molecule has 0 saturated carbocycles. The van der Waals surface area contributed by atoms with Crippen molar-refractivity contribution in [2.75, 3.05) is 39.9 Å². The van der Waals surface area contributed by atoms with E-state index in [1.807, 2.05) is 0 Å². The Labute approximate surface area is 92.0 Å². The molecule has 0 aliphatic carbocycles. The third-order valence-corrected chi connectivity index (χ3v) is 2.94. The minimum Gasteiger partial charge on any atom is -0.370 e. The van der Waals surface area contributed by atoms with Crippen LogP contribution in [0.15, 0.2) is 0 Å². The molecule has 1 rings (SSSR count). The van der Waals surface area contributed by atoms with Crippen molar-refractivity contribution < 1.29 is 9.53 Å². The van der Waals surface area contributed by atoms with Crippen LogP contribution in [-0.2, 0) is 9.53 Å². The van der Waals surface area contributed by atoms with E-state index in [0.717, 1.165) is 12.5 Å². The van der Waals surface area contributed by atoms with E-state index in [1.165, 1.54) is 25.9 Å². The van der Waals surface area contributed by atoms with Crippen LogP contribution in [0.4, 0.5) is 0 Å². The Morgan fingerprint density at radius 2 is 2.13 bits per heavy atom. The van der Waals surface area contributed by atoms with E-state index in [9.17, 15) is 4.79 Å². The first kappa shape index (κ1) is 12.5. The van der Waals surface area contributed by atoms with E-state index in [-0.39, 0.29) is 12.5 Å². The molecular weight excluding hydrogens is 192 g/mol. The van der Waals surface area contributed by atoms with Crippen molar-refractivity contribution in [1.29, 1.82) is 0 Å². The van der Waals surface area contributed by atoms with E-state index in [4.69, 9.17) is 4.74 Å². The van der Waals surface area contributed by atoms with Gasteiger partial charge >= 0.3 is 0 Å². The van der Waals surface area contributed by atoms with Crippen LogP contribution in [-0.4, -0.2) is 50.7 Å². The van der Waals surface area contributed by atoms with Crippen molar-refractivity contribution in [3.63, 3.8) is 0 Å². The summed E-state index contributed by atoms with van der Waals surface area (Å²) in [5, 5.41) is 2.53. The zero-order valence-electron chi connectivity index (χ0n) is 9.79.